The number of carbonyl (C=O) groups excluding carboxylic acids is 1. The van der Waals surface area contributed by atoms with Crippen LogP contribution in [0.3, 0.4) is 0 Å². The maximum Gasteiger partial charge on any atom is 0.339 e. The number of nitrogens with zero attached hydrogens (tertiary/aromatic N) is 1. The maximum absolute atomic E-state index is 12.4. The van der Waals surface area contributed by atoms with Gasteiger partial charge in [-0.1, -0.05) is 18.2 Å². The number of hydrogen-bond acceptors (Lipinski definition) is 4. The minimum Gasteiger partial charge on any atom is -0.465 e. The molecule has 2 aromatic carbocycles. The molecule has 4 rings (SSSR count). The van der Waals surface area contributed by atoms with Crippen LogP contribution >= 0.6 is 11.8 Å². The maximum atomic E-state index is 12.4. The summed E-state index contributed by atoms with van der Waals surface area (Å²) in [7, 11) is 1.45. The van der Waals surface area contributed by atoms with Crippen molar-refractivity contribution in [2.45, 2.75) is 24.2 Å². The number of aryl methyl sites for hydroxylation is 2. The molecule has 23 heavy (non-hydrogen) atoms. The minimum absolute atomic E-state index is 0.243. The lowest BCUT2D eigenvalue weighted by molar-refractivity contribution is 0.0595. The molecule has 0 atom stereocenters. The smallest absolute Gasteiger partial charge is 0.339 e. The van der Waals surface area contributed by atoms with E-state index < -0.39 is 0 Å². The van der Waals surface area contributed by atoms with Gasteiger partial charge < -0.3 is 4.74 Å². The molecule has 3 aromatic rings. The molecule has 0 fully saturated rings. The second-order valence-electron chi connectivity index (χ2n) is 5.78. The molecule has 0 spiro atoms. The third kappa shape index (κ3) is 2.12. The van der Waals surface area contributed by atoms with Gasteiger partial charge in [0.2, 0.25) is 0 Å². The molecule has 0 radical (unpaired) electrons. The normalized spacial score (nSPS) is 13.5. The number of hydrogen-bond donors (Lipinski definition) is 0. The summed E-state index contributed by atoms with van der Waals surface area (Å²) in [4.78, 5) is 18.2. The number of para-hydroxylation sites is 1. The molecule has 1 aliphatic rings. The fourth-order valence-electron chi connectivity index (χ4n) is 3.60. The van der Waals surface area contributed by atoms with E-state index in [-0.39, 0.29) is 5.97 Å². The average molecular weight is 323 g/mol. The van der Waals surface area contributed by atoms with Crippen molar-refractivity contribution in [2.75, 3.05) is 13.4 Å². The molecule has 1 aromatic heterocycles. The Labute approximate surface area is 139 Å². The second-order valence-corrected chi connectivity index (χ2v) is 6.62. The standard InChI is InChI=1S/C19H17NO2S/c1-22-19(21)18-12-7-5-9-15-17(12)13(10-16(18)23-2)11-6-3-4-8-14(11)20-15/h3-4,6,8,10H,5,7,9H2,1-2H3. The van der Waals surface area contributed by atoms with Crippen LogP contribution in [-0.4, -0.2) is 24.3 Å². The molecule has 0 aliphatic heterocycles. The third-order valence-electron chi connectivity index (χ3n) is 4.58. The lowest BCUT2D eigenvalue weighted by Crippen LogP contribution is -2.13. The van der Waals surface area contributed by atoms with E-state index in [2.05, 4.69) is 18.2 Å². The molecule has 0 amide bonds. The summed E-state index contributed by atoms with van der Waals surface area (Å²) in [5.41, 5.74) is 3.97. The molecule has 116 valence electrons. The van der Waals surface area contributed by atoms with Crippen molar-refractivity contribution in [3.63, 3.8) is 0 Å². The van der Waals surface area contributed by atoms with Gasteiger partial charge in [0, 0.05) is 21.4 Å². The van der Waals surface area contributed by atoms with Crippen molar-refractivity contribution < 1.29 is 9.53 Å². The Morgan fingerprint density at radius 2 is 2.04 bits per heavy atom. The first kappa shape index (κ1) is 14.5. The zero-order valence-electron chi connectivity index (χ0n) is 13.2. The van der Waals surface area contributed by atoms with Crippen LogP contribution in [0, 0.1) is 0 Å². The van der Waals surface area contributed by atoms with Crippen LogP contribution < -0.4 is 0 Å². The molecule has 1 aliphatic carbocycles. The highest BCUT2D eigenvalue weighted by Gasteiger charge is 2.25. The predicted molar refractivity (Wildman–Crippen MR) is 94.4 cm³/mol. The summed E-state index contributed by atoms with van der Waals surface area (Å²) in [5.74, 6) is -0.243. The van der Waals surface area contributed by atoms with Gasteiger partial charge in [0.1, 0.15) is 0 Å². The number of aromatic nitrogens is 1. The summed E-state index contributed by atoms with van der Waals surface area (Å²) in [6, 6.07) is 10.4. The van der Waals surface area contributed by atoms with Crippen molar-refractivity contribution >= 4 is 39.4 Å². The first-order valence-electron chi connectivity index (χ1n) is 7.74. The number of benzene rings is 2. The highest BCUT2D eigenvalue weighted by Crippen LogP contribution is 2.39. The van der Waals surface area contributed by atoms with Gasteiger partial charge in [0.05, 0.1) is 18.2 Å². The minimum atomic E-state index is -0.243. The average Bonchev–Trinajstić information content (AvgIpc) is 2.60. The predicted octanol–water partition coefficient (Wildman–Crippen LogP) is 4.39. The Morgan fingerprint density at radius 3 is 2.83 bits per heavy atom. The molecular weight excluding hydrogens is 306 g/mol. The van der Waals surface area contributed by atoms with E-state index >= 15 is 0 Å². The Bertz CT molecular complexity index is 949. The van der Waals surface area contributed by atoms with E-state index in [1.165, 1.54) is 12.5 Å². The van der Waals surface area contributed by atoms with Crippen molar-refractivity contribution in [2.24, 2.45) is 0 Å². The van der Waals surface area contributed by atoms with Crippen molar-refractivity contribution in [3.05, 3.63) is 47.2 Å². The largest absolute Gasteiger partial charge is 0.465 e. The molecule has 1 heterocycles. The van der Waals surface area contributed by atoms with Crippen LogP contribution in [-0.2, 0) is 17.6 Å². The first-order chi connectivity index (χ1) is 11.2. The Hall–Kier alpha value is -2.07. The van der Waals surface area contributed by atoms with Crippen LogP contribution in [0.1, 0.15) is 28.0 Å². The number of thioether (sulfide) groups is 1. The monoisotopic (exact) mass is 323 g/mol. The Morgan fingerprint density at radius 1 is 1.22 bits per heavy atom. The summed E-state index contributed by atoms with van der Waals surface area (Å²) < 4.78 is 5.05. The molecule has 0 saturated heterocycles. The van der Waals surface area contributed by atoms with Crippen LogP contribution in [0.15, 0.2) is 35.2 Å². The zero-order chi connectivity index (χ0) is 16.0. The second kappa shape index (κ2) is 5.53. The summed E-state index contributed by atoms with van der Waals surface area (Å²) in [6.07, 6.45) is 4.90. The number of pyridine rings is 1. The highest BCUT2D eigenvalue weighted by atomic mass is 32.2. The van der Waals surface area contributed by atoms with Gasteiger partial charge in [-0.25, -0.2) is 4.79 Å². The third-order valence-corrected chi connectivity index (χ3v) is 5.34. The Kier molecular flexibility index (Phi) is 3.49. The van der Waals surface area contributed by atoms with Crippen LogP contribution in [0.25, 0.3) is 21.7 Å². The van der Waals surface area contributed by atoms with Gasteiger partial charge in [0.15, 0.2) is 0 Å². The Balaban J connectivity index is 2.22. The van der Waals surface area contributed by atoms with Gasteiger partial charge in [0.25, 0.3) is 0 Å². The lowest BCUT2D eigenvalue weighted by atomic mass is 9.87. The SMILES string of the molecule is COC(=O)c1c(SC)cc2c3c(nc4ccccc42)CCCc13. The van der Waals surface area contributed by atoms with Gasteiger partial charge in [-0.15, -0.1) is 11.8 Å². The first-order valence-corrected chi connectivity index (χ1v) is 8.96. The number of carbonyl (C=O) groups is 1. The number of rotatable bonds is 2. The van der Waals surface area contributed by atoms with Crippen LogP contribution in [0.2, 0.25) is 0 Å². The molecule has 0 bridgehead atoms. The molecule has 3 nitrogen and oxygen atoms in total. The summed E-state index contributed by atoms with van der Waals surface area (Å²) in [5, 5.41) is 3.52. The summed E-state index contributed by atoms with van der Waals surface area (Å²) in [6.45, 7) is 0. The number of ether oxygens (including phenoxy) is 1. The molecule has 0 saturated carbocycles. The molecular formula is C19H17NO2S. The van der Waals surface area contributed by atoms with Crippen molar-refractivity contribution in [1.82, 2.24) is 4.98 Å². The fraction of sp³-hybridized carbons (Fsp3) is 0.263. The van der Waals surface area contributed by atoms with E-state index in [1.807, 2.05) is 18.4 Å². The topological polar surface area (TPSA) is 39.2 Å². The highest BCUT2D eigenvalue weighted by molar-refractivity contribution is 7.98. The number of methoxy groups -OCH3 is 1. The number of fused-ring (bicyclic) bond motifs is 2. The quantitative estimate of drug-likeness (QED) is 0.398. The van der Waals surface area contributed by atoms with E-state index in [4.69, 9.17) is 9.72 Å². The van der Waals surface area contributed by atoms with Crippen LogP contribution in [0.5, 0.6) is 0 Å². The fourth-order valence-corrected chi connectivity index (χ4v) is 4.25. The van der Waals surface area contributed by atoms with E-state index in [9.17, 15) is 4.79 Å². The van der Waals surface area contributed by atoms with Gasteiger partial charge in [-0.05, 0) is 48.6 Å². The van der Waals surface area contributed by atoms with E-state index in [0.29, 0.717) is 0 Å². The molecule has 0 N–H and O–H groups in total. The number of esters is 1. The summed E-state index contributed by atoms with van der Waals surface area (Å²) >= 11 is 1.60. The van der Waals surface area contributed by atoms with Crippen molar-refractivity contribution in [1.29, 1.82) is 0 Å². The van der Waals surface area contributed by atoms with Crippen LogP contribution in [0.4, 0.5) is 0 Å². The lowest BCUT2D eigenvalue weighted by Gasteiger charge is -2.22. The van der Waals surface area contributed by atoms with Gasteiger partial charge >= 0.3 is 5.97 Å². The van der Waals surface area contributed by atoms with Crippen molar-refractivity contribution in [3.8, 4) is 0 Å². The molecule has 4 heteroatoms. The van der Waals surface area contributed by atoms with Gasteiger partial charge in [-0.3, -0.25) is 4.98 Å². The molecule has 0 unspecified atom stereocenters. The van der Waals surface area contributed by atoms with Gasteiger partial charge in [-0.2, -0.15) is 0 Å². The van der Waals surface area contributed by atoms with E-state index in [0.717, 1.165) is 57.3 Å². The zero-order valence-corrected chi connectivity index (χ0v) is 14.0. The van der Waals surface area contributed by atoms with E-state index in [1.54, 1.807) is 11.8 Å².